The van der Waals surface area contributed by atoms with E-state index in [9.17, 15) is 0 Å². The van der Waals surface area contributed by atoms with Crippen molar-refractivity contribution < 1.29 is 0 Å². The molecule has 0 aliphatic carbocycles. The van der Waals surface area contributed by atoms with E-state index in [1.54, 1.807) is 0 Å². The molecule has 0 aliphatic rings. The molecule has 0 radical (unpaired) electrons. The van der Waals surface area contributed by atoms with Crippen LogP contribution in [0.3, 0.4) is 0 Å². The monoisotopic (exact) mass is 259 g/mol. The van der Waals surface area contributed by atoms with Crippen molar-refractivity contribution in [1.82, 2.24) is 15.0 Å². The van der Waals surface area contributed by atoms with Crippen molar-refractivity contribution in [3.63, 3.8) is 0 Å². The molecule has 0 fully saturated rings. The lowest BCUT2D eigenvalue weighted by molar-refractivity contribution is 0.842. The first-order chi connectivity index (χ1) is 6.17. The molecule has 0 spiro atoms. The molecule has 0 aliphatic heterocycles. The normalized spacial score (nSPS) is 10.8. The minimum atomic E-state index is -0.785. The number of aromatic nitrogens is 3. The van der Waals surface area contributed by atoms with Crippen molar-refractivity contribution in [3.8, 4) is 0 Å². The second kappa shape index (κ2) is 5.15. The highest BCUT2D eigenvalue weighted by Gasteiger charge is 2.10. The maximum absolute atomic E-state index is 5.59. The summed E-state index contributed by atoms with van der Waals surface area (Å²) in [4.78, 5) is 11.0. The maximum atomic E-state index is 5.59. The lowest BCUT2D eigenvalue weighted by Crippen LogP contribution is -2.05. The molecule has 1 aromatic heterocycles. The smallest absolute Gasteiger partial charge is 0.167 e. The molecule has 7 heteroatoms. The van der Waals surface area contributed by atoms with Crippen LogP contribution < -0.4 is 0 Å². The Hall–Kier alpha value is 0.170. The highest BCUT2D eigenvalue weighted by atomic mass is 35.5. The second-order valence-corrected chi connectivity index (χ2v) is 3.72. The Morgan fingerprint density at radius 3 is 1.69 bits per heavy atom. The van der Waals surface area contributed by atoms with Gasteiger partial charge in [0.1, 0.15) is 11.6 Å². The molecule has 0 saturated heterocycles. The van der Waals surface area contributed by atoms with Crippen LogP contribution in [0.15, 0.2) is 0 Å². The average Bonchev–Trinajstić information content (AvgIpc) is 2.16. The third kappa shape index (κ3) is 3.09. The van der Waals surface area contributed by atoms with E-state index in [4.69, 9.17) is 46.4 Å². The summed E-state index contributed by atoms with van der Waals surface area (Å²) in [5, 5.41) is 0. The zero-order valence-electron chi connectivity index (χ0n) is 6.35. The number of alkyl halides is 4. The van der Waals surface area contributed by atoms with Crippen molar-refractivity contribution in [2.24, 2.45) is 0 Å². The largest absolute Gasteiger partial charge is 0.215 e. The van der Waals surface area contributed by atoms with Gasteiger partial charge < -0.3 is 0 Å². The van der Waals surface area contributed by atoms with Crippen LogP contribution in [-0.4, -0.2) is 15.0 Å². The van der Waals surface area contributed by atoms with Crippen LogP contribution in [0.5, 0.6) is 0 Å². The van der Waals surface area contributed by atoms with Gasteiger partial charge in [-0.25, -0.2) is 15.0 Å². The zero-order valence-corrected chi connectivity index (χ0v) is 9.37. The van der Waals surface area contributed by atoms with Crippen LogP contribution in [0, 0.1) is 0 Å². The Labute approximate surface area is 95.4 Å². The Bertz CT molecular complexity index is 269. The molecule has 0 saturated carbocycles. The summed E-state index contributed by atoms with van der Waals surface area (Å²) >= 11 is 22.3. The fraction of sp³-hybridized carbons (Fsp3) is 0.500. The van der Waals surface area contributed by atoms with E-state index in [0.29, 0.717) is 11.6 Å². The van der Waals surface area contributed by atoms with Gasteiger partial charge in [0, 0.05) is 0 Å². The van der Waals surface area contributed by atoms with E-state index in [1.807, 2.05) is 0 Å². The van der Waals surface area contributed by atoms with Crippen LogP contribution in [0.4, 0.5) is 0 Å². The summed E-state index contributed by atoms with van der Waals surface area (Å²) < 4.78 is 0. The number of halogens is 4. The third-order valence-electron chi connectivity index (χ3n) is 1.18. The van der Waals surface area contributed by atoms with Crippen LogP contribution in [-0.2, 0) is 11.8 Å². The summed E-state index contributed by atoms with van der Waals surface area (Å²) in [7, 11) is 0. The SMILES string of the molecule is ClCc1nc(CCl)nc(C(Cl)Cl)n1. The Morgan fingerprint density at radius 2 is 1.38 bits per heavy atom. The van der Waals surface area contributed by atoms with Crippen molar-refractivity contribution in [1.29, 1.82) is 0 Å². The van der Waals surface area contributed by atoms with Gasteiger partial charge in [-0.3, -0.25) is 0 Å². The van der Waals surface area contributed by atoms with Gasteiger partial charge in [0.25, 0.3) is 0 Å². The van der Waals surface area contributed by atoms with Crippen LogP contribution in [0.1, 0.15) is 22.3 Å². The Kier molecular flexibility index (Phi) is 4.46. The van der Waals surface area contributed by atoms with E-state index < -0.39 is 4.84 Å². The highest BCUT2D eigenvalue weighted by Crippen LogP contribution is 2.21. The molecule has 0 N–H and O–H groups in total. The first kappa shape index (κ1) is 11.2. The van der Waals surface area contributed by atoms with Gasteiger partial charge in [-0.2, -0.15) is 0 Å². The molecule has 0 aromatic carbocycles. The third-order valence-corrected chi connectivity index (χ3v) is 2.05. The van der Waals surface area contributed by atoms with E-state index in [1.165, 1.54) is 0 Å². The van der Waals surface area contributed by atoms with Gasteiger partial charge in [0.15, 0.2) is 10.7 Å². The standard InChI is InChI=1S/C6H5Cl4N3/c7-1-3-11-4(2-8)13-6(12-3)5(9)10/h5H,1-2H2. The summed E-state index contributed by atoms with van der Waals surface area (Å²) in [6.07, 6.45) is 0. The number of hydrogen-bond acceptors (Lipinski definition) is 3. The van der Waals surface area contributed by atoms with Gasteiger partial charge in [-0.05, 0) is 0 Å². The summed E-state index contributed by atoms with van der Waals surface area (Å²) in [5.74, 6) is 1.49. The first-order valence-electron chi connectivity index (χ1n) is 3.31. The molecular weight excluding hydrogens is 256 g/mol. The molecule has 0 unspecified atom stereocenters. The van der Waals surface area contributed by atoms with E-state index in [0.717, 1.165) is 0 Å². The first-order valence-corrected chi connectivity index (χ1v) is 5.25. The Morgan fingerprint density at radius 1 is 0.923 bits per heavy atom. The topological polar surface area (TPSA) is 38.7 Å². The molecule has 0 atom stereocenters. The number of hydrogen-bond donors (Lipinski definition) is 0. The summed E-state index contributed by atoms with van der Waals surface area (Å²) in [5.41, 5.74) is 0. The van der Waals surface area contributed by atoms with Crippen LogP contribution in [0.25, 0.3) is 0 Å². The summed E-state index contributed by atoms with van der Waals surface area (Å²) in [6, 6.07) is 0. The zero-order chi connectivity index (χ0) is 9.84. The maximum Gasteiger partial charge on any atom is 0.167 e. The van der Waals surface area contributed by atoms with Gasteiger partial charge in [-0.1, -0.05) is 23.2 Å². The molecule has 0 amide bonds. The van der Waals surface area contributed by atoms with E-state index >= 15 is 0 Å². The fourth-order valence-corrected chi connectivity index (χ4v) is 1.14. The lowest BCUT2D eigenvalue weighted by Gasteiger charge is -2.03. The molecule has 13 heavy (non-hydrogen) atoms. The van der Waals surface area contributed by atoms with Gasteiger partial charge >= 0.3 is 0 Å². The van der Waals surface area contributed by atoms with Crippen molar-refractivity contribution in [3.05, 3.63) is 17.5 Å². The highest BCUT2D eigenvalue weighted by molar-refractivity contribution is 6.43. The van der Waals surface area contributed by atoms with Crippen LogP contribution in [0.2, 0.25) is 0 Å². The molecule has 1 rings (SSSR count). The molecule has 3 nitrogen and oxygen atoms in total. The minimum Gasteiger partial charge on any atom is -0.215 e. The van der Waals surface area contributed by atoms with E-state index in [-0.39, 0.29) is 17.6 Å². The lowest BCUT2D eigenvalue weighted by atomic mass is 10.5. The van der Waals surface area contributed by atoms with Crippen LogP contribution >= 0.6 is 46.4 Å². The average molecular weight is 261 g/mol. The van der Waals surface area contributed by atoms with Gasteiger partial charge in [0.2, 0.25) is 0 Å². The quantitative estimate of drug-likeness (QED) is 0.785. The van der Waals surface area contributed by atoms with Gasteiger partial charge in [-0.15, -0.1) is 23.2 Å². The minimum absolute atomic E-state index is 0.180. The Balaban J connectivity index is 3.07. The number of rotatable bonds is 3. The predicted octanol–water partition coefficient (Wildman–Crippen LogP) is 2.83. The molecule has 72 valence electrons. The number of nitrogens with zero attached hydrogens (tertiary/aromatic N) is 3. The fourth-order valence-electron chi connectivity index (χ4n) is 0.706. The molecule has 0 bridgehead atoms. The van der Waals surface area contributed by atoms with Gasteiger partial charge in [0.05, 0.1) is 11.8 Å². The van der Waals surface area contributed by atoms with Crippen molar-refractivity contribution in [2.75, 3.05) is 0 Å². The molecule has 1 heterocycles. The second-order valence-electron chi connectivity index (χ2n) is 2.09. The van der Waals surface area contributed by atoms with Crippen molar-refractivity contribution in [2.45, 2.75) is 16.6 Å². The summed E-state index contributed by atoms with van der Waals surface area (Å²) in [6.45, 7) is 0. The predicted molar refractivity (Wildman–Crippen MR) is 53.4 cm³/mol. The molecular formula is C6H5Cl4N3. The van der Waals surface area contributed by atoms with E-state index in [2.05, 4.69) is 15.0 Å². The van der Waals surface area contributed by atoms with Crippen molar-refractivity contribution >= 4 is 46.4 Å². The molecule has 1 aromatic rings.